The highest BCUT2D eigenvalue weighted by molar-refractivity contribution is 5.91. The fraction of sp³-hybridized carbons (Fsp3) is 0.125. The summed E-state index contributed by atoms with van der Waals surface area (Å²) in [6.45, 7) is 1.89. The minimum absolute atomic E-state index is 0.0933. The Morgan fingerprint density at radius 2 is 2.25 bits per heavy atom. The third-order valence-electron chi connectivity index (χ3n) is 1.42. The molecule has 0 aliphatic carbocycles. The first kappa shape index (κ1) is 8.39. The number of phenols is 1. The van der Waals surface area contributed by atoms with Crippen molar-refractivity contribution in [2.24, 2.45) is 5.73 Å². The van der Waals surface area contributed by atoms with Gasteiger partial charge < -0.3 is 16.2 Å². The van der Waals surface area contributed by atoms with Crippen LogP contribution in [0.25, 0.3) is 0 Å². The molecular weight excluding hydrogens is 154 g/mol. The van der Waals surface area contributed by atoms with Crippen molar-refractivity contribution < 1.29 is 5.11 Å². The third-order valence-corrected chi connectivity index (χ3v) is 1.42. The van der Waals surface area contributed by atoms with Crippen molar-refractivity contribution in [1.82, 2.24) is 0 Å². The van der Waals surface area contributed by atoms with E-state index < -0.39 is 0 Å². The molecule has 0 spiro atoms. The molecule has 0 amide bonds. The van der Waals surface area contributed by atoms with Crippen molar-refractivity contribution in [1.29, 1.82) is 5.41 Å². The Balaban J connectivity index is 2.97. The Morgan fingerprint density at radius 1 is 1.58 bits per heavy atom. The summed E-state index contributed by atoms with van der Waals surface area (Å²) in [5, 5.41) is 18.7. The Bertz CT molecular complexity index is 309. The van der Waals surface area contributed by atoms with Gasteiger partial charge in [0.25, 0.3) is 0 Å². The molecule has 4 heteroatoms. The summed E-state index contributed by atoms with van der Waals surface area (Å²) in [6.07, 6.45) is 0. The molecule has 12 heavy (non-hydrogen) atoms. The number of aryl methyl sites for hydroxylation is 1. The average molecular weight is 165 g/mol. The van der Waals surface area contributed by atoms with Crippen LogP contribution in [0.1, 0.15) is 5.56 Å². The van der Waals surface area contributed by atoms with Crippen LogP contribution in [-0.2, 0) is 0 Å². The zero-order chi connectivity index (χ0) is 9.14. The van der Waals surface area contributed by atoms with E-state index in [1.54, 1.807) is 18.2 Å². The smallest absolute Gasteiger partial charge is 0.190 e. The monoisotopic (exact) mass is 165 g/mol. The Kier molecular flexibility index (Phi) is 2.19. The van der Waals surface area contributed by atoms with E-state index in [1.165, 1.54) is 0 Å². The van der Waals surface area contributed by atoms with Gasteiger partial charge >= 0.3 is 0 Å². The number of hydrogen-bond acceptors (Lipinski definition) is 2. The quantitative estimate of drug-likeness (QED) is 0.285. The first-order chi connectivity index (χ1) is 5.59. The van der Waals surface area contributed by atoms with Crippen molar-refractivity contribution in [3.8, 4) is 5.75 Å². The van der Waals surface area contributed by atoms with Crippen molar-refractivity contribution in [3.05, 3.63) is 23.8 Å². The number of nitrogens with one attached hydrogen (secondary N) is 2. The summed E-state index contributed by atoms with van der Waals surface area (Å²) in [5.41, 5.74) is 6.56. The molecule has 1 aromatic carbocycles. The number of anilines is 1. The zero-order valence-electron chi connectivity index (χ0n) is 6.76. The highest BCUT2D eigenvalue weighted by Crippen LogP contribution is 2.23. The van der Waals surface area contributed by atoms with Crippen molar-refractivity contribution in [2.75, 3.05) is 5.32 Å². The second-order valence-corrected chi connectivity index (χ2v) is 2.56. The summed E-state index contributed by atoms with van der Waals surface area (Å²) in [6, 6.07) is 5.05. The van der Waals surface area contributed by atoms with Crippen LogP contribution in [0.3, 0.4) is 0 Å². The maximum absolute atomic E-state index is 9.27. The lowest BCUT2D eigenvalue weighted by molar-refractivity contribution is 0.477. The molecule has 1 aromatic rings. The SMILES string of the molecule is Cc1ccc(O)c(NC(=N)N)c1. The van der Waals surface area contributed by atoms with Gasteiger partial charge in [0, 0.05) is 0 Å². The molecule has 0 atom stereocenters. The lowest BCUT2D eigenvalue weighted by Gasteiger charge is -2.06. The van der Waals surface area contributed by atoms with Gasteiger partial charge in [0.1, 0.15) is 5.75 Å². The van der Waals surface area contributed by atoms with E-state index in [4.69, 9.17) is 11.1 Å². The van der Waals surface area contributed by atoms with Gasteiger partial charge in [0.05, 0.1) is 5.69 Å². The van der Waals surface area contributed by atoms with Gasteiger partial charge in [-0.1, -0.05) is 6.07 Å². The predicted molar refractivity (Wildman–Crippen MR) is 48.4 cm³/mol. The van der Waals surface area contributed by atoms with Crippen molar-refractivity contribution in [3.63, 3.8) is 0 Å². The Hall–Kier alpha value is -1.71. The molecule has 0 heterocycles. The number of aromatic hydroxyl groups is 1. The normalized spacial score (nSPS) is 9.42. The Morgan fingerprint density at radius 3 is 2.83 bits per heavy atom. The van der Waals surface area contributed by atoms with E-state index in [2.05, 4.69) is 5.32 Å². The van der Waals surface area contributed by atoms with Crippen molar-refractivity contribution >= 4 is 11.6 Å². The fourth-order valence-electron chi connectivity index (χ4n) is 0.895. The molecule has 0 fully saturated rings. The maximum atomic E-state index is 9.27. The molecule has 0 radical (unpaired) electrons. The average Bonchev–Trinajstić information content (AvgIpc) is 1.96. The summed E-state index contributed by atoms with van der Waals surface area (Å²) >= 11 is 0. The van der Waals surface area contributed by atoms with E-state index >= 15 is 0 Å². The molecule has 4 nitrogen and oxygen atoms in total. The standard InChI is InChI=1S/C8H11N3O/c1-5-2-3-7(12)6(4-5)11-8(9)10/h2-4,12H,1H3,(H4,9,10,11). The lowest BCUT2D eigenvalue weighted by atomic mass is 10.2. The highest BCUT2D eigenvalue weighted by atomic mass is 16.3. The van der Waals surface area contributed by atoms with Crippen LogP contribution in [0.5, 0.6) is 5.75 Å². The molecule has 0 aromatic heterocycles. The molecular formula is C8H11N3O. The number of guanidine groups is 1. The molecule has 0 unspecified atom stereocenters. The van der Waals surface area contributed by atoms with Gasteiger partial charge in [-0.05, 0) is 24.6 Å². The third kappa shape index (κ3) is 1.88. The fourth-order valence-corrected chi connectivity index (χ4v) is 0.895. The van der Waals surface area contributed by atoms with Crippen LogP contribution in [0, 0.1) is 12.3 Å². The lowest BCUT2D eigenvalue weighted by Crippen LogP contribution is -2.20. The van der Waals surface area contributed by atoms with E-state index in [9.17, 15) is 5.11 Å². The second-order valence-electron chi connectivity index (χ2n) is 2.56. The first-order valence-electron chi connectivity index (χ1n) is 3.50. The van der Waals surface area contributed by atoms with Gasteiger partial charge in [0.2, 0.25) is 0 Å². The molecule has 0 aliphatic rings. The molecule has 5 N–H and O–H groups in total. The molecule has 0 aliphatic heterocycles. The van der Waals surface area contributed by atoms with Gasteiger partial charge in [0.15, 0.2) is 5.96 Å². The summed E-state index contributed by atoms with van der Waals surface area (Å²) in [7, 11) is 0. The molecule has 1 rings (SSSR count). The molecule has 0 saturated heterocycles. The number of hydrogen-bond donors (Lipinski definition) is 4. The number of nitrogens with two attached hydrogens (primary N) is 1. The van der Waals surface area contributed by atoms with Crippen LogP contribution in [0.2, 0.25) is 0 Å². The zero-order valence-corrected chi connectivity index (χ0v) is 6.76. The number of rotatable bonds is 1. The molecule has 0 bridgehead atoms. The minimum Gasteiger partial charge on any atom is -0.506 e. The van der Waals surface area contributed by atoms with Crippen LogP contribution >= 0.6 is 0 Å². The van der Waals surface area contributed by atoms with Crippen LogP contribution < -0.4 is 11.1 Å². The summed E-state index contributed by atoms with van der Waals surface area (Å²) in [4.78, 5) is 0. The minimum atomic E-state index is -0.184. The summed E-state index contributed by atoms with van der Waals surface area (Å²) in [5.74, 6) is -0.0910. The van der Waals surface area contributed by atoms with Crippen LogP contribution in [-0.4, -0.2) is 11.1 Å². The summed E-state index contributed by atoms with van der Waals surface area (Å²) < 4.78 is 0. The van der Waals surface area contributed by atoms with E-state index in [-0.39, 0.29) is 11.7 Å². The Labute approximate surface area is 70.5 Å². The maximum Gasteiger partial charge on any atom is 0.190 e. The largest absolute Gasteiger partial charge is 0.506 e. The molecule has 64 valence electrons. The van der Waals surface area contributed by atoms with Gasteiger partial charge in [-0.3, -0.25) is 5.41 Å². The van der Waals surface area contributed by atoms with Gasteiger partial charge in [-0.2, -0.15) is 0 Å². The predicted octanol–water partition coefficient (Wildman–Crippen LogP) is 1.01. The second kappa shape index (κ2) is 3.13. The van der Waals surface area contributed by atoms with Gasteiger partial charge in [-0.15, -0.1) is 0 Å². The molecule has 0 saturated carbocycles. The number of benzene rings is 1. The highest BCUT2D eigenvalue weighted by Gasteiger charge is 2.00. The van der Waals surface area contributed by atoms with E-state index in [0.29, 0.717) is 5.69 Å². The topological polar surface area (TPSA) is 82.1 Å². The van der Waals surface area contributed by atoms with Crippen molar-refractivity contribution in [2.45, 2.75) is 6.92 Å². The van der Waals surface area contributed by atoms with E-state index in [0.717, 1.165) is 5.56 Å². The van der Waals surface area contributed by atoms with E-state index in [1.807, 2.05) is 6.92 Å². The first-order valence-corrected chi connectivity index (χ1v) is 3.50. The van der Waals surface area contributed by atoms with Gasteiger partial charge in [-0.25, -0.2) is 0 Å². The van der Waals surface area contributed by atoms with Crippen LogP contribution in [0.15, 0.2) is 18.2 Å². The number of phenolic OH excluding ortho intramolecular Hbond substituents is 1. The van der Waals surface area contributed by atoms with Crippen LogP contribution in [0.4, 0.5) is 5.69 Å².